The van der Waals surface area contributed by atoms with Crippen molar-refractivity contribution in [1.82, 2.24) is 25.1 Å². The average molecular weight is 547 g/mol. The first kappa shape index (κ1) is 26.4. The fourth-order valence-electron chi connectivity index (χ4n) is 6.65. The molecule has 0 radical (unpaired) electrons. The molecule has 3 fully saturated rings. The number of likely N-dealkylation sites (tertiary alicyclic amines) is 1. The number of benzene rings is 1. The zero-order chi connectivity index (χ0) is 26.8. The standard InChI is InChI=1S/C31H39ClN6O/c1-21-14-24(5-9-30(21)38-19-22(20-38)18-37-12-10-34-11-13-37)31-35-17-29(36-31)23-2-6-26(7-3-23)39-27-8-4-25(16-33)28(32)15-27/h4-5,8-9,15,17,21-23,26,34H,2-3,6-7,10-14,18-20H2,1H3,(H,35,36). The van der Waals surface area contributed by atoms with E-state index in [4.69, 9.17) is 26.6 Å². The van der Waals surface area contributed by atoms with Crippen LogP contribution in [0.25, 0.3) is 5.57 Å². The van der Waals surface area contributed by atoms with Crippen molar-refractivity contribution in [3.8, 4) is 11.8 Å². The molecule has 2 aliphatic carbocycles. The van der Waals surface area contributed by atoms with Gasteiger partial charge in [-0.25, -0.2) is 4.98 Å². The number of aromatic amines is 1. The number of hydrogen-bond donors (Lipinski definition) is 2. The normalized spacial score (nSPS) is 26.4. The summed E-state index contributed by atoms with van der Waals surface area (Å²) in [5.41, 5.74) is 4.52. The lowest BCUT2D eigenvalue weighted by atomic mass is 9.85. The van der Waals surface area contributed by atoms with Crippen LogP contribution in [-0.2, 0) is 0 Å². The third-order valence-electron chi connectivity index (χ3n) is 8.91. The lowest BCUT2D eigenvalue weighted by Crippen LogP contribution is -2.54. The van der Waals surface area contributed by atoms with Gasteiger partial charge in [-0.15, -0.1) is 0 Å². The van der Waals surface area contributed by atoms with Gasteiger partial charge in [-0.3, -0.25) is 0 Å². The topological polar surface area (TPSA) is 80.2 Å². The molecule has 8 heteroatoms. The number of nitriles is 1. The molecule has 1 aromatic carbocycles. The van der Waals surface area contributed by atoms with E-state index in [2.05, 4.69) is 45.2 Å². The summed E-state index contributed by atoms with van der Waals surface area (Å²) < 4.78 is 6.18. The third kappa shape index (κ3) is 6.04. The zero-order valence-electron chi connectivity index (χ0n) is 22.8. The van der Waals surface area contributed by atoms with E-state index in [1.807, 2.05) is 12.3 Å². The Balaban J connectivity index is 1.00. The van der Waals surface area contributed by atoms with Crippen molar-refractivity contribution in [2.45, 2.75) is 51.0 Å². The minimum Gasteiger partial charge on any atom is -0.490 e. The fraction of sp³-hybridized carbons (Fsp3) is 0.548. The smallest absolute Gasteiger partial charge is 0.133 e. The van der Waals surface area contributed by atoms with E-state index in [0.29, 0.717) is 22.4 Å². The van der Waals surface area contributed by atoms with E-state index >= 15 is 0 Å². The molecule has 1 aromatic heterocycles. The van der Waals surface area contributed by atoms with Gasteiger partial charge in [-0.1, -0.05) is 24.6 Å². The summed E-state index contributed by atoms with van der Waals surface area (Å²) in [5, 5.41) is 13.0. The molecule has 6 rings (SSSR count). The quantitative estimate of drug-likeness (QED) is 0.498. The fourth-order valence-corrected chi connectivity index (χ4v) is 6.86. The van der Waals surface area contributed by atoms with E-state index in [0.717, 1.165) is 62.7 Å². The number of halogens is 1. The number of rotatable bonds is 7. The molecule has 1 unspecified atom stereocenters. The second-order valence-electron chi connectivity index (χ2n) is 11.7. The van der Waals surface area contributed by atoms with Crippen LogP contribution in [0.1, 0.15) is 62.0 Å². The molecule has 0 amide bonds. The molecule has 3 heterocycles. The largest absolute Gasteiger partial charge is 0.490 e. The van der Waals surface area contributed by atoms with Crippen LogP contribution in [0, 0.1) is 23.2 Å². The highest BCUT2D eigenvalue weighted by Gasteiger charge is 2.33. The van der Waals surface area contributed by atoms with Gasteiger partial charge in [-0.05, 0) is 55.9 Å². The number of aromatic nitrogens is 2. The second-order valence-corrected chi connectivity index (χ2v) is 12.1. The minimum absolute atomic E-state index is 0.177. The Morgan fingerprint density at radius 3 is 2.64 bits per heavy atom. The molecule has 1 atom stereocenters. The van der Waals surface area contributed by atoms with E-state index in [1.165, 1.54) is 49.7 Å². The molecule has 1 saturated carbocycles. The molecule has 0 spiro atoms. The summed E-state index contributed by atoms with van der Waals surface area (Å²) in [6.45, 7) is 10.6. The van der Waals surface area contributed by atoms with Gasteiger partial charge in [0.1, 0.15) is 17.6 Å². The van der Waals surface area contributed by atoms with Gasteiger partial charge in [0.25, 0.3) is 0 Å². The maximum Gasteiger partial charge on any atom is 0.133 e. The van der Waals surface area contributed by atoms with Gasteiger partial charge in [0.05, 0.1) is 16.7 Å². The highest BCUT2D eigenvalue weighted by atomic mass is 35.5. The first-order valence-corrected chi connectivity index (χ1v) is 14.9. The van der Waals surface area contributed by atoms with Crippen molar-refractivity contribution in [2.24, 2.45) is 11.8 Å². The first-order valence-electron chi connectivity index (χ1n) is 14.6. The molecule has 2 N–H and O–H groups in total. The van der Waals surface area contributed by atoms with Crippen LogP contribution in [0.4, 0.5) is 0 Å². The molecule has 2 aromatic rings. The van der Waals surface area contributed by atoms with Crippen molar-refractivity contribution in [3.05, 3.63) is 64.3 Å². The van der Waals surface area contributed by atoms with Crippen LogP contribution >= 0.6 is 11.6 Å². The summed E-state index contributed by atoms with van der Waals surface area (Å²) in [4.78, 5) is 13.7. The summed E-state index contributed by atoms with van der Waals surface area (Å²) >= 11 is 6.17. The van der Waals surface area contributed by atoms with Gasteiger partial charge < -0.3 is 24.8 Å². The van der Waals surface area contributed by atoms with E-state index in [-0.39, 0.29) is 6.10 Å². The Hall–Kier alpha value is -2.79. The van der Waals surface area contributed by atoms with Gasteiger partial charge in [0.15, 0.2) is 0 Å². The minimum atomic E-state index is 0.177. The van der Waals surface area contributed by atoms with Crippen LogP contribution in [0.5, 0.6) is 5.75 Å². The summed E-state index contributed by atoms with van der Waals surface area (Å²) in [6, 6.07) is 7.41. The highest BCUT2D eigenvalue weighted by molar-refractivity contribution is 6.31. The van der Waals surface area contributed by atoms with Crippen molar-refractivity contribution >= 4 is 17.2 Å². The predicted molar refractivity (Wildman–Crippen MR) is 155 cm³/mol. The van der Waals surface area contributed by atoms with Crippen LogP contribution in [0.15, 0.2) is 42.2 Å². The van der Waals surface area contributed by atoms with Crippen molar-refractivity contribution < 1.29 is 4.74 Å². The van der Waals surface area contributed by atoms with Gasteiger partial charge in [0.2, 0.25) is 0 Å². The van der Waals surface area contributed by atoms with Crippen LogP contribution < -0.4 is 10.1 Å². The Kier molecular flexibility index (Phi) is 7.97. The lowest BCUT2D eigenvalue weighted by molar-refractivity contribution is 0.0825. The van der Waals surface area contributed by atoms with Crippen molar-refractivity contribution in [2.75, 3.05) is 45.8 Å². The number of H-pyrrole nitrogens is 1. The Labute approximate surface area is 236 Å². The maximum absolute atomic E-state index is 9.07. The van der Waals surface area contributed by atoms with E-state index in [9.17, 15) is 0 Å². The summed E-state index contributed by atoms with van der Waals surface area (Å²) in [7, 11) is 0. The molecule has 2 aliphatic heterocycles. The second kappa shape index (κ2) is 11.8. The van der Waals surface area contributed by atoms with Crippen LogP contribution in [0.2, 0.25) is 5.02 Å². The number of imidazole rings is 1. The molecule has 2 saturated heterocycles. The SMILES string of the molecule is CC1CC(c2ncc(C3CCC(Oc4ccc(C#N)c(Cl)c4)CC3)[nH]2)=CC=C1N1CC(CN2CCNCC2)C1. The Morgan fingerprint density at radius 1 is 1.13 bits per heavy atom. The van der Waals surface area contributed by atoms with Crippen molar-refractivity contribution in [3.63, 3.8) is 0 Å². The van der Waals surface area contributed by atoms with E-state index in [1.54, 1.807) is 12.1 Å². The zero-order valence-corrected chi connectivity index (χ0v) is 23.6. The molecule has 206 valence electrons. The molecule has 7 nitrogen and oxygen atoms in total. The van der Waals surface area contributed by atoms with Crippen LogP contribution in [-0.4, -0.2) is 71.7 Å². The lowest BCUT2D eigenvalue weighted by Gasteiger charge is -2.47. The number of allylic oxidation sites excluding steroid dienone is 4. The first-order chi connectivity index (χ1) is 19.1. The number of ether oxygens (including phenoxy) is 1. The highest BCUT2D eigenvalue weighted by Crippen LogP contribution is 2.38. The number of hydrogen-bond acceptors (Lipinski definition) is 6. The molecule has 39 heavy (non-hydrogen) atoms. The predicted octanol–water partition coefficient (Wildman–Crippen LogP) is 5.18. The van der Waals surface area contributed by atoms with Crippen LogP contribution in [0.3, 0.4) is 0 Å². The van der Waals surface area contributed by atoms with Gasteiger partial charge >= 0.3 is 0 Å². The molecular formula is C31H39ClN6O. The van der Waals surface area contributed by atoms with E-state index < -0.39 is 0 Å². The Bertz CT molecular complexity index is 1260. The number of piperazine rings is 1. The monoisotopic (exact) mass is 546 g/mol. The maximum atomic E-state index is 9.07. The summed E-state index contributed by atoms with van der Waals surface area (Å²) in [6.07, 6.45) is 12.0. The molecule has 0 bridgehead atoms. The molecule has 4 aliphatic rings. The summed E-state index contributed by atoms with van der Waals surface area (Å²) in [5.74, 6) is 3.57. The Morgan fingerprint density at radius 2 is 1.92 bits per heavy atom. The number of nitrogens with zero attached hydrogens (tertiary/aromatic N) is 4. The van der Waals surface area contributed by atoms with Crippen molar-refractivity contribution in [1.29, 1.82) is 5.26 Å². The average Bonchev–Trinajstić information content (AvgIpc) is 3.42. The third-order valence-corrected chi connectivity index (χ3v) is 9.22. The van der Waals surface area contributed by atoms with Gasteiger partial charge in [-0.2, -0.15) is 5.26 Å². The molecular weight excluding hydrogens is 508 g/mol. The number of nitrogens with one attached hydrogen (secondary N) is 2. The van der Waals surface area contributed by atoms with Gasteiger partial charge in [0, 0.05) is 87.2 Å².